The second kappa shape index (κ2) is 12.4. The predicted octanol–water partition coefficient (Wildman–Crippen LogP) is 5.01. The molecule has 1 nitrogen and oxygen atoms in total. The Morgan fingerprint density at radius 1 is 0.765 bits per heavy atom. The molecule has 17 heavy (non-hydrogen) atoms. The molecule has 0 heterocycles. The summed E-state index contributed by atoms with van der Waals surface area (Å²) in [5, 5.41) is 3.58. The average Bonchev–Trinajstić information content (AvgIpc) is 2.31. The standard InChI is InChI=1S/C16H35N/c1-5-6-7-8-9-10-11-12-13-17-14-16(4)15(2)3/h15-17H,5-14H2,1-4H3. The van der Waals surface area contributed by atoms with Gasteiger partial charge in [-0.3, -0.25) is 0 Å². The van der Waals surface area contributed by atoms with E-state index in [2.05, 4.69) is 33.0 Å². The molecule has 0 rings (SSSR count). The van der Waals surface area contributed by atoms with Crippen LogP contribution < -0.4 is 5.32 Å². The predicted molar refractivity (Wildman–Crippen MR) is 79.5 cm³/mol. The molecule has 1 heteroatoms. The van der Waals surface area contributed by atoms with Crippen LogP contribution >= 0.6 is 0 Å². The van der Waals surface area contributed by atoms with Gasteiger partial charge in [0, 0.05) is 0 Å². The van der Waals surface area contributed by atoms with Crippen LogP contribution in [0.2, 0.25) is 0 Å². The third-order valence-electron chi connectivity index (χ3n) is 3.81. The highest BCUT2D eigenvalue weighted by Gasteiger charge is 2.05. The molecule has 0 spiro atoms. The maximum Gasteiger partial charge on any atom is -0.00207 e. The van der Waals surface area contributed by atoms with Gasteiger partial charge in [-0.1, -0.05) is 72.6 Å². The van der Waals surface area contributed by atoms with Crippen molar-refractivity contribution in [2.24, 2.45) is 11.8 Å². The van der Waals surface area contributed by atoms with Gasteiger partial charge >= 0.3 is 0 Å². The van der Waals surface area contributed by atoms with Crippen LogP contribution in [-0.2, 0) is 0 Å². The van der Waals surface area contributed by atoms with Crippen LogP contribution in [-0.4, -0.2) is 13.1 Å². The highest BCUT2D eigenvalue weighted by molar-refractivity contribution is 4.60. The quantitative estimate of drug-likeness (QED) is 0.474. The number of rotatable bonds is 12. The second-order valence-electron chi connectivity index (χ2n) is 5.90. The smallest absolute Gasteiger partial charge is 0.00207 e. The zero-order valence-electron chi connectivity index (χ0n) is 12.7. The van der Waals surface area contributed by atoms with Gasteiger partial charge in [0.05, 0.1) is 0 Å². The Hall–Kier alpha value is -0.0400. The summed E-state index contributed by atoms with van der Waals surface area (Å²) in [6, 6.07) is 0. The minimum absolute atomic E-state index is 0.807. The fraction of sp³-hybridized carbons (Fsp3) is 1.00. The van der Waals surface area contributed by atoms with Gasteiger partial charge in [-0.05, 0) is 31.3 Å². The lowest BCUT2D eigenvalue weighted by molar-refractivity contribution is 0.390. The van der Waals surface area contributed by atoms with E-state index in [0.29, 0.717) is 0 Å². The number of hydrogen-bond acceptors (Lipinski definition) is 1. The zero-order chi connectivity index (χ0) is 12.9. The molecule has 0 aromatic heterocycles. The Balaban J connectivity index is 3.03. The van der Waals surface area contributed by atoms with Gasteiger partial charge in [0.2, 0.25) is 0 Å². The zero-order valence-corrected chi connectivity index (χ0v) is 12.7. The summed E-state index contributed by atoms with van der Waals surface area (Å²) in [6.45, 7) is 11.6. The van der Waals surface area contributed by atoms with E-state index in [1.807, 2.05) is 0 Å². The van der Waals surface area contributed by atoms with Crippen molar-refractivity contribution >= 4 is 0 Å². The summed E-state index contributed by atoms with van der Waals surface area (Å²) in [7, 11) is 0. The molecule has 0 fully saturated rings. The van der Waals surface area contributed by atoms with Gasteiger partial charge < -0.3 is 5.32 Å². The van der Waals surface area contributed by atoms with Gasteiger partial charge in [0.15, 0.2) is 0 Å². The molecular weight excluding hydrogens is 206 g/mol. The molecule has 104 valence electrons. The highest BCUT2D eigenvalue weighted by atomic mass is 14.8. The summed E-state index contributed by atoms with van der Waals surface area (Å²) in [5.41, 5.74) is 0. The average molecular weight is 241 g/mol. The van der Waals surface area contributed by atoms with Crippen molar-refractivity contribution in [1.29, 1.82) is 0 Å². The summed E-state index contributed by atoms with van der Waals surface area (Å²) < 4.78 is 0. The molecule has 0 bridgehead atoms. The molecule has 1 unspecified atom stereocenters. The topological polar surface area (TPSA) is 12.0 Å². The van der Waals surface area contributed by atoms with Crippen molar-refractivity contribution in [1.82, 2.24) is 5.32 Å². The molecule has 0 amide bonds. The fourth-order valence-electron chi connectivity index (χ4n) is 1.95. The Bertz CT molecular complexity index is 142. The normalized spacial score (nSPS) is 13.2. The lowest BCUT2D eigenvalue weighted by atomic mass is 9.98. The summed E-state index contributed by atoms with van der Waals surface area (Å²) in [5.74, 6) is 1.62. The molecule has 1 atom stereocenters. The van der Waals surface area contributed by atoms with Gasteiger partial charge in [-0.15, -0.1) is 0 Å². The maximum atomic E-state index is 3.58. The van der Waals surface area contributed by atoms with Gasteiger partial charge in [-0.2, -0.15) is 0 Å². The molecule has 1 N–H and O–H groups in total. The van der Waals surface area contributed by atoms with Crippen LogP contribution in [0.1, 0.15) is 79.1 Å². The first kappa shape index (κ1) is 17.0. The molecule has 0 aromatic carbocycles. The minimum atomic E-state index is 0.807. The molecular formula is C16H35N. The largest absolute Gasteiger partial charge is 0.316 e. The summed E-state index contributed by atoms with van der Waals surface area (Å²) in [4.78, 5) is 0. The van der Waals surface area contributed by atoms with Crippen molar-refractivity contribution < 1.29 is 0 Å². The monoisotopic (exact) mass is 241 g/mol. The van der Waals surface area contributed by atoms with E-state index in [4.69, 9.17) is 0 Å². The van der Waals surface area contributed by atoms with E-state index in [9.17, 15) is 0 Å². The lowest BCUT2D eigenvalue weighted by Gasteiger charge is -2.15. The molecule has 0 saturated carbocycles. The first-order valence-corrected chi connectivity index (χ1v) is 7.89. The Kier molecular flexibility index (Phi) is 12.4. The first-order chi connectivity index (χ1) is 8.18. The van der Waals surface area contributed by atoms with Gasteiger partial charge in [-0.25, -0.2) is 0 Å². The van der Waals surface area contributed by atoms with Crippen molar-refractivity contribution in [3.05, 3.63) is 0 Å². The van der Waals surface area contributed by atoms with Crippen molar-refractivity contribution in [2.75, 3.05) is 13.1 Å². The minimum Gasteiger partial charge on any atom is -0.316 e. The van der Waals surface area contributed by atoms with E-state index >= 15 is 0 Å². The number of unbranched alkanes of at least 4 members (excludes halogenated alkanes) is 7. The Morgan fingerprint density at radius 2 is 1.29 bits per heavy atom. The Labute approximate surface area is 110 Å². The first-order valence-electron chi connectivity index (χ1n) is 7.89. The number of nitrogens with one attached hydrogen (secondary N) is 1. The third kappa shape index (κ3) is 12.2. The summed E-state index contributed by atoms with van der Waals surface area (Å²) in [6.07, 6.45) is 11.3. The van der Waals surface area contributed by atoms with Crippen LogP contribution in [0.15, 0.2) is 0 Å². The molecule has 0 radical (unpaired) electrons. The van der Waals surface area contributed by atoms with E-state index in [0.717, 1.165) is 11.8 Å². The van der Waals surface area contributed by atoms with Gasteiger partial charge in [0.25, 0.3) is 0 Å². The van der Waals surface area contributed by atoms with E-state index < -0.39 is 0 Å². The third-order valence-corrected chi connectivity index (χ3v) is 3.81. The molecule has 0 aliphatic rings. The molecule has 0 saturated heterocycles. The summed E-state index contributed by atoms with van der Waals surface area (Å²) >= 11 is 0. The van der Waals surface area contributed by atoms with Crippen LogP contribution in [0.5, 0.6) is 0 Å². The van der Waals surface area contributed by atoms with Crippen LogP contribution in [0.4, 0.5) is 0 Å². The van der Waals surface area contributed by atoms with Crippen molar-refractivity contribution in [2.45, 2.75) is 79.1 Å². The SMILES string of the molecule is CCCCCCCCCCNCC(C)C(C)C. The lowest BCUT2D eigenvalue weighted by Crippen LogP contribution is -2.25. The maximum absolute atomic E-state index is 3.58. The number of hydrogen-bond donors (Lipinski definition) is 1. The van der Waals surface area contributed by atoms with Crippen molar-refractivity contribution in [3.8, 4) is 0 Å². The highest BCUT2D eigenvalue weighted by Crippen LogP contribution is 2.09. The van der Waals surface area contributed by atoms with E-state index in [1.54, 1.807) is 0 Å². The Morgan fingerprint density at radius 3 is 1.82 bits per heavy atom. The molecule has 0 aliphatic carbocycles. The van der Waals surface area contributed by atoms with Crippen LogP contribution in [0, 0.1) is 11.8 Å². The van der Waals surface area contributed by atoms with Crippen LogP contribution in [0.25, 0.3) is 0 Å². The molecule has 0 aromatic rings. The van der Waals surface area contributed by atoms with Gasteiger partial charge in [0.1, 0.15) is 0 Å². The van der Waals surface area contributed by atoms with E-state index in [-0.39, 0.29) is 0 Å². The van der Waals surface area contributed by atoms with Crippen LogP contribution in [0.3, 0.4) is 0 Å². The fourth-order valence-corrected chi connectivity index (χ4v) is 1.95. The molecule has 0 aliphatic heterocycles. The second-order valence-corrected chi connectivity index (χ2v) is 5.90. The van der Waals surface area contributed by atoms with E-state index in [1.165, 1.54) is 64.5 Å². The van der Waals surface area contributed by atoms with Crippen molar-refractivity contribution in [3.63, 3.8) is 0 Å².